The second kappa shape index (κ2) is 12.7. The molecular weight excluding hydrogens is 529 g/mol. The predicted molar refractivity (Wildman–Crippen MR) is 136 cm³/mol. The molecule has 9 heteroatoms. The van der Waals surface area contributed by atoms with Crippen LogP contribution < -0.4 is 10.6 Å². The minimum absolute atomic E-state index is 0. The minimum Gasteiger partial charge on any atom is -0.444 e. The summed E-state index contributed by atoms with van der Waals surface area (Å²) < 4.78 is 5.38. The van der Waals surface area contributed by atoms with E-state index in [9.17, 15) is 4.79 Å². The molecule has 0 aliphatic carbocycles. The van der Waals surface area contributed by atoms with Gasteiger partial charge in [0.2, 0.25) is 0 Å². The molecule has 1 aromatic heterocycles. The molecule has 0 saturated carbocycles. The van der Waals surface area contributed by atoms with Gasteiger partial charge >= 0.3 is 6.09 Å². The molecule has 0 atom stereocenters. The molecule has 0 bridgehead atoms. The summed E-state index contributed by atoms with van der Waals surface area (Å²) >= 11 is 5.81. The molecule has 0 fully saturated rings. The Balaban J connectivity index is 0.00000480. The lowest BCUT2D eigenvalue weighted by Gasteiger charge is -2.24. The quantitative estimate of drug-likeness (QED) is 0.234. The molecule has 1 aromatic carbocycles. The standard InChI is InChI=1S/C22H30ClN5O2.HI/c1-22(2,3)30-21(29)28(5)15-17-8-6-16(7-9-17)12-26-20(24-4)27-14-18-10-11-19(23)25-13-18;/h6-11,13H,12,14-15H2,1-5H3,(H2,24,26,27);1H. The monoisotopic (exact) mass is 559 g/mol. The molecule has 0 aliphatic heterocycles. The van der Waals surface area contributed by atoms with Crippen molar-refractivity contribution in [3.05, 3.63) is 64.4 Å². The fourth-order valence-corrected chi connectivity index (χ4v) is 2.66. The maximum Gasteiger partial charge on any atom is 0.410 e. The van der Waals surface area contributed by atoms with Gasteiger partial charge in [0.1, 0.15) is 10.8 Å². The van der Waals surface area contributed by atoms with Crippen LogP contribution in [0.15, 0.2) is 47.6 Å². The highest BCUT2D eigenvalue weighted by Crippen LogP contribution is 2.12. The number of hydrogen-bond acceptors (Lipinski definition) is 4. The third kappa shape index (κ3) is 10.2. The third-order valence-electron chi connectivity index (χ3n) is 4.08. The molecule has 31 heavy (non-hydrogen) atoms. The zero-order valence-electron chi connectivity index (χ0n) is 18.6. The van der Waals surface area contributed by atoms with E-state index in [2.05, 4.69) is 20.6 Å². The summed E-state index contributed by atoms with van der Waals surface area (Å²) in [7, 11) is 3.46. The van der Waals surface area contributed by atoms with Gasteiger partial charge in [-0.05, 0) is 43.5 Å². The van der Waals surface area contributed by atoms with Crippen LogP contribution in [0, 0.1) is 0 Å². The predicted octanol–water partition coefficient (Wildman–Crippen LogP) is 4.59. The lowest BCUT2D eigenvalue weighted by Crippen LogP contribution is -2.36. The maximum atomic E-state index is 12.1. The Morgan fingerprint density at radius 1 is 1.06 bits per heavy atom. The number of ether oxygens (including phenoxy) is 1. The normalized spacial score (nSPS) is 11.4. The molecule has 2 N–H and O–H groups in total. The van der Waals surface area contributed by atoms with Crippen LogP contribution in [-0.4, -0.2) is 41.6 Å². The van der Waals surface area contributed by atoms with Crippen LogP contribution in [0.2, 0.25) is 5.15 Å². The fourth-order valence-electron chi connectivity index (χ4n) is 2.54. The Morgan fingerprint density at radius 3 is 2.13 bits per heavy atom. The summed E-state index contributed by atoms with van der Waals surface area (Å²) in [6.07, 6.45) is 1.40. The van der Waals surface area contributed by atoms with Crippen LogP contribution in [-0.2, 0) is 24.4 Å². The number of halogens is 2. The van der Waals surface area contributed by atoms with Crippen molar-refractivity contribution in [2.24, 2.45) is 4.99 Å². The zero-order valence-corrected chi connectivity index (χ0v) is 21.7. The minimum atomic E-state index is -0.502. The largest absolute Gasteiger partial charge is 0.444 e. The van der Waals surface area contributed by atoms with Gasteiger partial charge < -0.3 is 20.3 Å². The van der Waals surface area contributed by atoms with Gasteiger partial charge in [0.25, 0.3) is 0 Å². The van der Waals surface area contributed by atoms with Gasteiger partial charge in [0.05, 0.1) is 0 Å². The van der Waals surface area contributed by atoms with Crippen LogP contribution in [0.5, 0.6) is 0 Å². The average molecular weight is 560 g/mol. The van der Waals surface area contributed by atoms with E-state index in [-0.39, 0.29) is 30.1 Å². The van der Waals surface area contributed by atoms with E-state index in [1.165, 1.54) is 0 Å². The van der Waals surface area contributed by atoms with Crippen LogP contribution in [0.3, 0.4) is 0 Å². The number of pyridine rings is 1. The molecule has 0 unspecified atom stereocenters. The van der Waals surface area contributed by atoms with E-state index in [1.807, 2.05) is 51.1 Å². The van der Waals surface area contributed by atoms with Crippen molar-refractivity contribution in [1.82, 2.24) is 20.5 Å². The third-order valence-corrected chi connectivity index (χ3v) is 4.30. The van der Waals surface area contributed by atoms with E-state index in [1.54, 1.807) is 31.3 Å². The highest BCUT2D eigenvalue weighted by atomic mass is 127. The lowest BCUT2D eigenvalue weighted by molar-refractivity contribution is 0.0285. The summed E-state index contributed by atoms with van der Waals surface area (Å²) in [5.74, 6) is 0.693. The molecule has 170 valence electrons. The van der Waals surface area contributed by atoms with Gasteiger partial charge in [-0.15, -0.1) is 24.0 Å². The first-order valence-corrected chi connectivity index (χ1v) is 10.1. The number of carbonyl (C=O) groups excluding carboxylic acids is 1. The SMILES string of the molecule is CN=C(NCc1ccc(CN(C)C(=O)OC(C)(C)C)cc1)NCc1ccc(Cl)nc1.I. The van der Waals surface area contributed by atoms with Gasteiger partial charge in [0.15, 0.2) is 5.96 Å². The smallest absolute Gasteiger partial charge is 0.410 e. The van der Waals surface area contributed by atoms with Crippen LogP contribution in [0.1, 0.15) is 37.5 Å². The Hall–Kier alpha value is -2.07. The van der Waals surface area contributed by atoms with Gasteiger partial charge in [-0.25, -0.2) is 9.78 Å². The number of nitrogens with one attached hydrogen (secondary N) is 2. The van der Waals surface area contributed by atoms with E-state index in [4.69, 9.17) is 16.3 Å². The number of aromatic nitrogens is 1. The Bertz CT molecular complexity index is 852. The van der Waals surface area contributed by atoms with Crippen molar-refractivity contribution >= 4 is 47.6 Å². The van der Waals surface area contributed by atoms with Gasteiger partial charge in [0, 0.05) is 39.9 Å². The summed E-state index contributed by atoms with van der Waals surface area (Å²) in [4.78, 5) is 21.9. The topological polar surface area (TPSA) is 78.9 Å². The highest BCUT2D eigenvalue weighted by Gasteiger charge is 2.19. The molecule has 7 nitrogen and oxygen atoms in total. The van der Waals surface area contributed by atoms with Crippen LogP contribution >= 0.6 is 35.6 Å². The number of aliphatic imine (C=N–C) groups is 1. The summed E-state index contributed by atoms with van der Waals surface area (Å²) in [6.45, 7) is 7.28. The number of guanidine groups is 1. The van der Waals surface area contributed by atoms with Gasteiger partial charge in [-0.1, -0.05) is 41.9 Å². The van der Waals surface area contributed by atoms with E-state index in [0.29, 0.717) is 30.7 Å². The molecule has 0 radical (unpaired) electrons. The number of carbonyl (C=O) groups is 1. The van der Waals surface area contributed by atoms with Gasteiger partial charge in [-0.3, -0.25) is 4.99 Å². The van der Waals surface area contributed by atoms with Crippen molar-refractivity contribution in [1.29, 1.82) is 0 Å². The lowest BCUT2D eigenvalue weighted by atomic mass is 10.1. The first-order chi connectivity index (χ1) is 14.2. The summed E-state index contributed by atoms with van der Waals surface area (Å²) in [5, 5.41) is 7.00. The van der Waals surface area contributed by atoms with Crippen molar-refractivity contribution in [2.45, 2.75) is 46.0 Å². The van der Waals surface area contributed by atoms with Crippen LogP contribution in [0.25, 0.3) is 0 Å². The Kier molecular flexibility index (Phi) is 11.1. The Labute approximate surface area is 206 Å². The molecule has 0 aliphatic rings. The molecule has 2 aromatic rings. The van der Waals surface area contributed by atoms with E-state index >= 15 is 0 Å². The molecule has 1 amide bonds. The summed E-state index contributed by atoms with van der Waals surface area (Å²) in [5.41, 5.74) is 2.65. The van der Waals surface area contributed by atoms with E-state index in [0.717, 1.165) is 16.7 Å². The van der Waals surface area contributed by atoms with E-state index < -0.39 is 5.60 Å². The number of nitrogens with zero attached hydrogens (tertiary/aromatic N) is 3. The van der Waals surface area contributed by atoms with Crippen molar-refractivity contribution < 1.29 is 9.53 Å². The van der Waals surface area contributed by atoms with Crippen LogP contribution in [0.4, 0.5) is 4.79 Å². The fraction of sp³-hybridized carbons (Fsp3) is 0.409. The first kappa shape index (κ1) is 27.0. The second-order valence-electron chi connectivity index (χ2n) is 7.92. The van der Waals surface area contributed by atoms with Gasteiger partial charge in [-0.2, -0.15) is 0 Å². The number of hydrogen-bond donors (Lipinski definition) is 2. The average Bonchev–Trinajstić information content (AvgIpc) is 2.69. The van der Waals surface area contributed by atoms with Crippen molar-refractivity contribution in [3.63, 3.8) is 0 Å². The van der Waals surface area contributed by atoms with Crippen molar-refractivity contribution in [2.75, 3.05) is 14.1 Å². The number of amides is 1. The summed E-state index contributed by atoms with van der Waals surface area (Å²) in [6, 6.07) is 11.8. The second-order valence-corrected chi connectivity index (χ2v) is 8.31. The molecule has 1 heterocycles. The zero-order chi connectivity index (χ0) is 22.1. The molecule has 0 saturated heterocycles. The number of benzene rings is 1. The highest BCUT2D eigenvalue weighted by molar-refractivity contribution is 14.0. The maximum absolute atomic E-state index is 12.1. The molecule has 2 rings (SSSR count). The molecular formula is C22H31ClIN5O2. The number of rotatable bonds is 6. The molecule has 0 spiro atoms. The van der Waals surface area contributed by atoms with Crippen molar-refractivity contribution in [3.8, 4) is 0 Å². The Morgan fingerprint density at radius 2 is 1.61 bits per heavy atom. The first-order valence-electron chi connectivity index (χ1n) is 9.73.